The minimum atomic E-state index is -0.967. The van der Waals surface area contributed by atoms with Gasteiger partial charge in [-0.15, -0.1) is 0 Å². The molecule has 1 amide bonds. The van der Waals surface area contributed by atoms with Gasteiger partial charge in [-0.1, -0.05) is 41.9 Å². The summed E-state index contributed by atoms with van der Waals surface area (Å²) in [6.45, 7) is 0.709. The number of halogens is 1. The Kier molecular flexibility index (Phi) is 5.56. The first kappa shape index (κ1) is 19.5. The molecule has 2 N–H and O–H groups in total. The van der Waals surface area contributed by atoms with E-state index in [-0.39, 0.29) is 24.6 Å². The summed E-state index contributed by atoms with van der Waals surface area (Å²) in [6, 6.07) is 16.3. The molecule has 29 heavy (non-hydrogen) atoms. The average molecular weight is 413 g/mol. The van der Waals surface area contributed by atoms with Gasteiger partial charge in [-0.25, -0.2) is 4.79 Å². The number of aliphatic hydroxyl groups excluding tert-OH is 1. The summed E-state index contributed by atoms with van der Waals surface area (Å²) >= 11 is 6.01. The second-order valence-corrected chi connectivity index (χ2v) is 7.66. The highest BCUT2D eigenvalue weighted by Gasteiger charge is 2.33. The minimum Gasteiger partial charge on any atom is -0.447 e. The molecule has 4 rings (SSSR count). The van der Waals surface area contributed by atoms with Gasteiger partial charge in [0.2, 0.25) is 0 Å². The van der Waals surface area contributed by atoms with Gasteiger partial charge in [0.1, 0.15) is 5.69 Å². The van der Waals surface area contributed by atoms with E-state index in [4.69, 9.17) is 16.3 Å². The van der Waals surface area contributed by atoms with Crippen molar-refractivity contribution in [1.29, 1.82) is 0 Å². The Bertz CT molecular complexity index is 1030. The van der Waals surface area contributed by atoms with E-state index in [0.717, 1.165) is 16.5 Å². The zero-order valence-electron chi connectivity index (χ0n) is 15.7. The van der Waals surface area contributed by atoms with Crippen molar-refractivity contribution in [2.24, 2.45) is 0 Å². The van der Waals surface area contributed by atoms with Crippen LogP contribution in [0.15, 0.2) is 54.6 Å². The van der Waals surface area contributed by atoms with E-state index in [1.165, 1.54) is 0 Å². The number of benzene rings is 2. The number of esters is 1. The van der Waals surface area contributed by atoms with Crippen LogP contribution < -0.4 is 0 Å². The number of carbonyl (C=O) groups excluding carboxylic acids is 2. The number of nitrogens with one attached hydrogen (secondary N) is 1. The number of aromatic amines is 1. The van der Waals surface area contributed by atoms with Crippen LogP contribution in [0.1, 0.15) is 22.5 Å². The van der Waals surface area contributed by atoms with Crippen molar-refractivity contribution < 1.29 is 19.4 Å². The highest BCUT2D eigenvalue weighted by atomic mass is 35.5. The predicted molar refractivity (Wildman–Crippen MR) is 110 cm³/mol. The van der Waals surface area contributed by atoms with Crippen LogP contribution in [0.4, 0.5) is 0 Å². The molecule has 1 fully saturated rings. The number of hydrogen-bond donors (Lipinski definition) is 2. The largest absolute Gasteiger partial charge is 0.447 e. The Morgan fingerprint density at radius 1 is 1.21 bits per heavy atom. The van der Waals surface area contributed by atoms with Crippen molar-refractivity contribution in [1.82, 2.24) is 9.88 Å². The van der Waals surface area contributed by atoms with Crippen molar-refractivity contribution in [3.05, 3.63) is 70.9 Å². The molecule has 0 saturated carbocycles. The maximum Gasteiger partial charge on any atom is 0.355 e. The Morgan fingerprint density at radius 3 is 2.72 bits per heavy atom. The molecule has 2 heterocycles. The van der Waals surface area contributed by atoms with Gasteiger partial charge in [-0.3, -0.25) is 4.79 Å². The minimum absolute atomic E-state index is 0.257. The first-order valence-electron chi connectivity index (χ1n) is 9.49. The Morgan fingerprint density at radius 2 is 2.00 bits per heavy atom. The molecule has 1 saturated heterocycles. The maximum absolute atomic E-state index is 13.0. The van der Waals surface area contributed by atoms with Crippen LogP contribution in [-0.4, -0.2) is 52.2 Å². The number of likely N-dealkylation sites (tertiary alicyclic amines) is 1. The number of aliphatic hydroxyl groups is 1. The topological polar surface area (TPSA) is 82.6 Å². The number of H-pyrrole nitrogens is 1. The first-order valence-corrected chi connectivity index (χ1v) is 9.87. The first-order chi connectivity index (χ1) is 14.0. The third kappa shape index (κ3) is 4.44. The average Bonchev–Trinajstić information content (AvgIpc) is 3.33. The molecule has 2 aromatic carbocycles. The molecule has 2 unspecified atom stereocenters. The number of β-amino-alcohol motifs (C(OH)–C–C–N with tert-alkyl or cyclic N) is 1. The lowest BCUT2D eigenvalue weighted by Gasteiger charge is -2.23. The van der Waals surface area contributed by atoms with Crippen LogP contribution in [-0.2, 0) is 16.0 Å². The third-order valence-electron chi connectivity index (χ3n) is 5.07. The number of aromatic nitrogens is 1. The number of hydrogen-bond acceptors (Lipinski definition) is 4. The van der Waals surface area contributed by atoms with Gasteiger partial charge in [0.25, 0.3) is 5.91 Å². The Balaban J connectivity index is 1.56. The smallest absolute Gasteiger partial charge is 0.355 e. The van der Waals surface area contributed by atoms with Crippen LogP contribution in [0, 0.1) is 0 Å². The van der Waals surface area contributed by atoms with Gasteiger partial charge in [0.15, 0.2) is 6.10 Å². The number of fused-ring (bicyclic) bond motifs is 1. The fraction of sp³-hybridized carbons (Fsp3) is 0.273. The fourth-order valence-electron chi connectivity index (χ4n) is 3.56. The Labute approximate surface area is 173 Å². The van der Waals surface area contributed by atoms with Crippen molar-refractivity contribution in [3.8, 4) is 0 Å². The maximum atomic E-state index is 13.0. The lowest BCUT2D eigenvalue weighted by Crippen LogP contribution is -2.41. The van der Waals surface area contributed by atoms with Crippen LogP contribution in [0.2, 0.25) is 5.02 Å². The second-order valence-electron chi connectivity index (χ2n) is 7.23. The molecule has 6 nitrogen and oxygen atoms in total. The van der Waals surface area contributed by atoms with Crippen molar-refractivity contribution >= 4 is 34.4 Å². The number of carbonyl (C=O) groups is 2. The summed E-state index contributed by atoms with van der Waals surface area (Å²) in [7, 11) is 0. The SMILES string of the molecule is O=C(OC(Cc1ccccc1)C(=O)N1CCC(O)C1)c1cc2cc(Cl)ccc2[nH]1. The molecular weight excluding hydrogens is 392 g/mol. The van der Waals surface area contributed by atoms with Crippen LogP contribution >= 0.6 is 11.6 Å². The number of amides is 1. The highest BCUT2D eigenvalue weighted by Crippen LogP contribution is 2.22. The molecule has 0 bridgehead atoms. The van der Waals surface area contributed by atoms with E-state index in [0.29, 0.717) is 18.0 Å². The molecule has 0 radical (unpaired) electrons. The molecular formula is C22H21ClN2O4. The van der Waals surface area contributed by atoms with Crippen molar-refractivity contribution in [2.45, 2.75) is 25.0 Å². The molecule has 150 valence electrons. The van der Waals surface area contributed by atoms with Gasteiger partial charge in [-0.2, -0.15) is 0 Å². The van der Waals surface area contributed by atoms with E-state index in [1.54, 1.807) is 29.2 Å². The molecule has 2 atom stereocenters. The molecule has 1 aliphatic heterocycles. The second kappa shape index (κ2) is 8.27. The fourth-order valence-corrected chi connectivity index (χ4v) is 3.74. The van der Waals surface area contributed by atoms with Crippen LogP contribution in [0.3, 0.4) is 0 Å². The zero-order valence-corrected chi connectivity index (χ0v) is 16.4. The van der Waals surface area contributed by atoms with Gasteiger partial charge in [0.05, 0.1) is 6.10 Å². The lowest BCUT2D eigenvalue weighted by atomic mass is 10.1. The predicted octanol–water partition coefficient (Wildman–Crippen LogP) is 3.18. The number of nitrogens with zero attached hydrogens (tertiary/aromatic N) is 1. The third-order valence-corrected chi connectivity index (χ3v) is 5.30. The van der Waals surface area contributed by atoms with Gasteiger partial charge < -0.3 is 19.7 Å². The highest BCUT2D eigenvalue weighted by molar-refractivity contribution is 6.31. The van der Waals surface area contributed by atoms with E-state index in [2.05, 4.69) is 4.98 Å². The zero-order chi connectivity index (χ0) is 20.4. The van der Waals surface area contributed by atoms with Gasteiger partial charge >= 0.3 is 5.97 Å². The monoisotopic (exact) mass is 412 g/mol. The summed E-state index contributed by atoms with van der Waals surface area (Å²) in [5, 5.41) is 11.1. The van der Waals surface area contributed by atoms with Gasteiger partial charge in [-0.05, 0) is 36.2 Å². The molecule has 3 aromatic rings. The summed E-state index contributed by atoms with van der Waals surface area (Å²) < 4.78 is 5.63. The van der Waals surface area contributed by atoms with Crippen molar-refractivity contribution in [2.75, 3.05) is 13.1 Å². The van der Waals surface area contributed by atoms with Crippen LogP contribution in [0.25, 0.3) is 10.9 Å². The summed E-state index contributed by atoms with van der Waals surface area (Å²) in [6.07, 6.45) is -0.708. The number of rotatable bonds is 5. The molecule has 1 aromatic heterocycles. The van der Waals surface area contributed by atoms with E-state index in [1.807, 2.05) is 30.3 Å². The molecule has 7 heteroatoms. The summed E-state index contributed by atoms with van der Waals surface area (Å²) in [4.78, 5) is 30.3. The normalized spacial score (nSPS) is 17.4. The van der Waals surface area contributed by atoms with E-state index in [9.17, 15) is 14.7 Å². The Hall–Kier alpha value is -2.83. The van der Waals surface area contributed by atoms with Crippen molar-refractivity contribution in [3.63, 3.8) is 0 Å². The lowest BCUT2D eigenvalue weighted by molar-refractivity contribution is -0.140. The standard InChI is InChI=1S/C22H21ClN2O4/c23-16-6-7-18-15(11-16)12-19(24-18)22(28)29-20(10-14-4-2-1-3-5-14)21(27)25-9-8-17(26)13-25/h1-7,11-12,17,20,24,26H,8-10,13H2. The molecule has 0 spiro atoms. The number of ether oxygens (including phenoxy) is 1. The van der Waals surface area contributed by atoms with E-state index >= 15 is 0 Å². The summed E-state index contributed by atoms with van der Waals surface area (Å²) in [5.74, 6) is -0.899. The summed E-state index contributed by atoms with van der Waals surface area (Å²) in [5.41, 5.74) is 1.91. The molecule has 0 aliphatic carbocycles. The van der Waals surface area contributed by atoms with Crippen LogP contribution in [0.5, 0.6) is 0 Å². The quantitative estimate of drug-likeness (QED) is 0.630. The molecule has 1 aliphatic rings. The van der Waals surface area contributed by atoms with Gasteiger partial charge in [0, 0.05) is 35.4 Å². The van der Waals surface area contributed by atoms with E-state index < -0.39 is 18.2 Å².